The van der Waals surface area contributed by atoms with E-state index in [2.05, 4.69) is 30.5 Å². The van der Waals surface area contributed by atoms with E-state index in [0.29, 0.717) is 0 Å². The van der Waals surface area contributed by atoms with Crippen LogP contribution >= 0.6 is 0 Å². The van der Waals surface area contributed by atoms with E-state index in [1.54, 1.807) is 12.1 Å². The predicted molar refractivity (Wildman–Crippen MR) is 104 cm³/mol. The zero-order chi connectivity index (χ0) is 19.8. The molecular weight excluding hydrogens is 348 g/mol. The zero-order valence-electron chi connectivity index (χ0n) is 15.7. The van der Waals surface area contributed by atoms with Crippen LogP contribution in [0, 0.1) is 11.6 Å². The molecule has 0 atom stereocenters. The Labute approximate surface area is 157 Å². The number of hydrogen-bond acceptors (Lipinski definition) is 3. The first kappa shape index (κ1) is 18.8. The van der Waals surface area contributed by atoms with Gasteiger partial charge in [0.25, 0.3) is 5.91 Å². The lowest BCUT2D eigenvalue weighted by Gasteiger charge is -2.40. The summed E-state index contributed by atoms with van der Waals surface area (Å²) in [5.74, 6) is -1.79. The highest BCUT2D eigenvalue weighted by Gasteiger charge is 2.29. The van der Waals surface area contributed by atoms with Gasteiger partial charge in [-0.05, 0) is 50.6 Å². The van der Waals surface area contributed by atoms with E-state index in [9.17, 15) is 13.6 Å². The van der Waals surface area contributed by atoms with Crippen molar-refractivity contribution in [2.24, 2.45) is 5.10 Å². The molecule has 0 unspecified atom stereocenters. The standard InChI is InChI=1S/C21H21F2N3O/c1-13-11-21(2,3)26(4)19-10-18(23)14(9-16(13)19)12-24-25-20(27)15-7-5-6-8-17(15)22/h5-12H,1-4H3,(H,25,27)/b24-12-. The summed E-state index contributed by atoms with van der Waals surface area (Å²) in [5.41, 5.74) is 4.87. The van der Waals surface area contributed by atoms with Crippen molar-refractivity contribution in [3.8, 4) is 0 Å². The fourth-order valence-corrected chi connectivity index (χ4v) is 3.15. The average molecular weight is 369 g/mol. The van der Waals surface area contributed by atoms with E-state index in [0.717, 1.165) is 16.8 Å². The maximum atomic E-state index is 14.5. The number of carbonyl (C=O) groups is 1. The van der Waals surface area contributed by atoms with Gasteiger partial charge in [-0.25, -0.2) is 14.2 Å². The molecular formula is C21H21F2N3O. The predicted octanol–water partition coefficient (Wildman–Crippen LogP) is 4.36. The van der Waals surface area contributed by atoms with Crippen molar-refractivity contribution in [1.29, 1.82) is 0 Å². The number of anilines is 1. The number of fused-ring (bicyclic) bond motifs is 1. The van der Waals surface area contributed by atoms with Crippen LogP contribution < -0.4 is 10.3 Å². The van der Waals surface area contributed by atoms with Crippen LogP contribution in [0.1, 0.15) is 42.3 Å². The molecule has 0 fully saturated rings. The summed E-state index contributed by atoms with van der Waals surface area (Å²) in [6.07, 6.45) is 3.34. The van der Waals surface area contributed by atoms with Crippen LogP contribution in [0.15, 0.2) is 47.6 Å². The van der Waals surface area contributed by atoms with Gasteiger partial charge in [-0.3, -0.25) is 4.79 Å². The first-order valence-corrected chi connectivity index (χ1v) is 8.56. The molecule has 0 saturated carbocycles. The monoisotopic (exact) mass is 369 g/mol. The highest BCUT2D eigenvalue weighted by molar-refractivity contribution is 5.95. The number of benzene rings is 2. The molecule has 2 aromatic carbocycles. The van der Waals surface area contributed by atoms with Crippen molar-refractivity contribution >= 4 is 23.4 Å². The van der Waals surface area contributed by atoms with Crippen LogP contribution in [0.2, 0.25) is 0 Å². The Morgan fingerprint density at radius 3 is 2.59 bits per heavy atom. The molecule has 1 amide bonds. The molecule has 1 heterocycles. The largest absolute Gasteiger partial charge is 0.365 e. The van der Waals surface area contributed by atoms with Gasteiger partial charge < -0.3 is 4.90 Å². The molecule has 3 rings (SSSR count). The zero-order valence-corrected chi connectivity index (χ0v) is 15.7. The maximum Gasteiger partial charge on any atom is 0.274 e. The van der Waals surface area contributed by atoms with Crippen molar-refractivity contribution in [1.82, 2.24) is 5.43 Å². The number of likely N-dealkylation sites (N-methyl/N-ethyl adjacent to an activating group) is 1. The molecule has 4 nitrogen and oxygen atoms in total. The van der Waals surface area contributed by atoms with Crippen molar-refractivity contribution in [3.05, 3.63) is 70.8 Å². The molecule has 27 heavy (non-hydrogen) atoms. The second kappa shape index (κ2) is 6.95. The van der Waals surface area contributed by atoms with E-state index in [4.69, 9.17) is 0 Å². The van der Waals surface area contributed by atoms with E-state index in [1.807, 2.05) is 18.9 Å². The third-order valence-electron chi connectivity index (χ3n) is 4.82. The lowest BCUT2D eigenvalue weighted by atomic mass is 9.88. The van der Waals surface area contributed by atoms with E-state index in [1.165, 1.54) is 30.5 Å². The lowest BCUT2D eigenvalue weighted by Crippen LogP contribution is -2.42. The molecule has 1 aliphatic rings. The quantitative estimate of drug-likeness (QED) is 0.645. The van der Waals surface area contributed by atoms with Crippen LogP contribution in [0.4, 0.5) is 14.5 Å². The van der Waals surface area contributed by atoms with Gasteiger partial charge in [-0.15, -0.1) is 0 Å². The summed E-state index contributed by atoms with van der Waals surface area (Å²) < 4.78 is 28.1. The summed E-state index contributed by atoms with van der Waals surface area (Å²) in [6.45, 7) is 6.10. The summed E-state index contributed by atoms with van der Waals surface area (Å²) in [5, 5.41) is 3.78. The van der Waals surface area contributed by atoms with Gasteiger partial charge in [0.15, 0.2) is 0 Å². The summed E-state index contributed by atoms with van der Waals surface area (Å²) in [4.78, 5) is 14.0. The Bertz CT molecular complexity index is 964. The smallest absolute Gasteiger partial charge is 0.274 e. The Kier molecular flexibility index (Phi) is 4.83. The highest BCUT2D eigenvalue weighted by Crippen LogP contribution is 2.38. The molecule has 0 aromatic heterocycles. The fraction of sp³-hybridized carbons (Fsp3) is 0.238. The summed E-state index contributed by atoms with van der Waals surface area (Å²) >= 11 is 0. The lowest BCUT2D eigenvalue weighted by molar-refractivity contribution is 0.0951. The molecule has 0 aliphatic carbocycles. The van der Waals surface area contributed by atoms with Crippen molar-refractivity contribution in [2.75, 3.05) is 11.9 Å². The second-order valence-electron chi connectivity index (χ2n) is 7.11. The Hall–Kier alpha value is -3.02. The van der Waals surface area contributed by atoms with Crippen molar-refractivity contribution < 1.29 is 13.6 Å². The molecule has 140 valence electrons. The van der Waals surface area contributed by atoms with E-state index >= 15 is 0 Å². The fourth-order valence-electron chi connectivity index (χ4n) is 3.15. The minimum absolute atomic E-state index is 0.122. The Balaban J connectivity index is 1.85. The van der Waals surface area contributed by atoms with E-state index < -0.39 is 17.5 Å². The Morgan fingerprint density at radius 1 is 1.19 bits per heavy atom. The maximum absolute atomic E-state index is 14.5. The number of nitrogens with one attached hydrogen (secondary N) is 1. The van der Waals surface area contributed by atoms with Gasteiger partial charge in [-0.2, -0.15) is 5.10 Å². The van der Waals surface area contributed by atoms with Crippen LogP contribution in [0.3, 0.4) is 0 Å². The number of hydrogen-bond donors (Lipinski definition) is 1. The molecule has 1 N–H and O–H groups in total. The van der Waals surface area contributed by atoms with E-state index in [-0.39, 0.29) is 16.7 Å². The third kappa shape index (κ3) is 3.60. The van der Waals surface area contributed by atoms with Gasteiger partial charge in [-0.1, -0.05) is 18.2 Å². The van der Waals surface area contributed by atoms with Crippen LogP contribution in [0.25, 0.3) is 5.57 Å². The van der Waals surface area contributed by atoms with Gasteiger partial charge in [0, 0.05) is 23.9 Å². The molecule has 1 aliphatic heterocycles. The topological polar surface area (TPSA) is 44.7 Å². The van der Waals surface area contributed by atoms with Crippen LogP contribution in [0.5, 0.6) is 0 Å². The van der Waals surface area contributed by atoms with Crippen LogP contribution in [-0.4, -0.2) is 24.7 Å². The number of amides is 1. The first-order chi connectivity index (χ1) is 12.7. The average Bonchev–Trinajstić information content (AvgIpc) is 2.60. The molecule has 0 bridgehead atoms. The van der Waals surface area contributed by atoms with Gasteiger partial charge >= 0.3 is 0 Å². The Morgan fingerprint density at radius 2 is 1.89 bits per heavy atom. The minimum Gasteiger partial charge on any atom is -0.365 e. The normalized spacial score (nSPS) is 15.5. The number of hydrazone groups is 1. The number of rotatable bonds is 3. The number of nitrogens with zero attached hydrogens (tertiary/aromatic N) is 2. The minimum atomic E-state index is -0.694. The number of carbonyl (C=O) groups excluding carboxylic acids is 1. The summed E-state index contributed by atoms with van der Waals surface area (Å²) in [7, 11) is 1.92. The third-order valence-corrected chi connectivity index (χ3v) is 4.82. The molecule has 0 saturated heterocycles. The highest BCUT2D eigenvalue weighted by atomic mass is 19.1. The second-order valence-corrected chi connectivity index (χ2v) is 7.11. The van der Waals surface area contributed by atoms with Crippen LogP contribution in [-0.2, 0) is 0 Å². The SMILES string of the molecule is CC1=CC(C)(C)N(C)c2cc(F)c(/C=N\NC(=O)c3ccccc3F)cc21. The molecule has 0 spiro atoms. The molecule has 2 aromatic rings. The van der Waals surface area contributed by atoms with Gasteiger partial charge in [0.2, 0.25) is 0 Å². The number of halogens is 2. The van der Waals surface area contributed by atoms with Crippen molar-refractivity contribution in [2.45, 2.75) is 26.3 Å². The first-order valence-electron chi connectivity index (χ1n) is 8.56. The summed E-state index contributed by atoms with van der Waals surface area (Å²) in [6, 6.07) is 8.75. The van der Waals surface area contributed by atoms with Crippen molar-refractivity contribution in [3.63, 3.8) is 0 Å². The molecule has 6 heteroatoms. The molecule has 0 radical (unpaired) electrons. The number of allylic oxidation sites excluding steroid dienone is 1. The van der Waals surface area contributed by atoms with Gasteiger partial charge in [0.1, 0.15) is 11.6 Å². The van der Waals surface area contributed by atoms with Gasteiger partial charge in [0.05, 0.1) is 17.3 Å².